The van der Waals surface area contributed by atoms with Gasteiger partial charge in [-0.2, -0.15) is 5.10 Å². The van der Waals surface area contributed by atoms with Gasteiger partial charge in [0.25, 0.3) is 10.9 Å². The van der Waals surface area contributed by atoms with Gasteiger partial charge in [-0.3, -0.25) is 9.59 Å². The van der Waals surface area contributed by atoms with Gasteiger partial charge in [0.05, 0.1) is 5.52 Å². The number of nitrogens with zero attached hydrogens (tertiary/aromatic N) is 2. The molecule has 1 heterocycles. The summed E-state index contributed by atoms with van der Waals surface area (Å²) in [5.74, 6) is 0. The van der Waals surface area contributed by atoms with E-state index in [-0.39, 0.29) is 11.4 Å². The van der Waals surface area contributed by atoms with Crippen LogP contribution in [0.1, 0.15) is 12.5 Å². The van der Waals surface area contributed by atoms with E-state index in [2.05, 4.69) is 12.0 Å². The third-order valence-electron chi connectivity index (χ3n) is 3.13. The van der Waals surface area contributed by atoms with Crippen LogP contribution >= 0.6 is 0 Å². The fourth-order valence-electron chi connectivity index (χ4n) is 2.02. The maximum atomic E-state index is 11.4. The Labute approximate surface area is 102 Å². The van der Waals surface area contributed by atoms with Crippen molar-refractivity contribution in [1.29, 1.82) is 0 Å². The van der Waals surface area contributed by atoms with Crippen LogP contribution in [0.5, 0.6) is 0 Å². The zero-order valence-corrected chi connectivity index (χ0v) is 9.80. The van der Waals surface area contributed by atoms with Gasteiger partial charge < -0.3 is 5.73 Å². The number of hydrogen-bond donors (Lipinski definition) is 1. The standard InChI is InChI=1S/C13H11N3O2/c1-2-7-3-4-8-6-16(15-9(8)5-7)11-10(14)12(17)13(11)18/h3-6H,2,14H2,1H3. The van der Waals surface area contributed by atoms with E-state index in [4.69, 9.17) is 5.73 Å². The van der Waals surface area contributed by atoms with Crippen molar-refractivity contribution >= 4 is 16.6 Å². The monoisotopic (exact) mass is 241 g/mol. The maximum Gasteiger partial charge on any atom is 0.255 e. The van der Waals surface area contributed by atoms with Crippen LogP contribution in [0.3, 0.4) is 0 Å². The summed E-state index contributed by atoms with van der Waals surface area (Å²) >= 11 is 0. The molecule has 3 aromatic rings. The lowest BCUT2D eigenvalue weighted by Gasteiger charge is -2.04. The number of fused-ring (bicyclic) bond motifs is 1. The lowest BCUT2D eigenvalue weighted by Crippen LogP contribution is -2.38. The molecule has 18 heavy (non-hydrogen) atoms. The van der Waals surface area contributed by atoms with E-state index in [0.29, 0.717) is 0 Å². The van der Waals surface area contributed by atoms with Crippen LogP contribution in [0.4, 0.5) is 5.69 Å². The Morgan fingerprint density at radius 1 is 1.28 bits per heavy atom. The van der Waals surface area contributed by atoms with E-state index in [1.807, 2.05) is 18.2 Å². The highest BCUT2D eigenvalue weighted by molar-refractivity contribution is 5.80. The Hall–Kier alpha value is -2.43. The van der Waals surface area contributed by atoms with Gasteiger partial charge in [-0.15, -0.1) is 0 Å². The van der Waals surface area contributed by atoms with Crippen LogP contribution in [0.15, 0.2) is 34.0 Å². The second-order valence-corrected chi connectivity index (χ2v) is 4.24. The quantitative estimate of drug-likeness (QED) is 0.672. The van der Waals surface area contributed by atoms with E-state index in [1.165, 1.54) is 10.2 Å². The van der Waals surface area contributed by atoms with Gasteiger partial charge in [0, 0.05) is 11.6 Å². The first kappa shape index (κ1) is 10.7. The number of benzene rings is 1. The molecular formula is C13H11N3O2. The van der Waals surface area contributed by atoms with Crippen LogP contribution in [0.25, 0.3) is 16.6 Å². The summed E-state index contributed by atoms with van der Waals surface area (Å²) in [4.78, 5) is 22.5. The minimum Gasteiger partial charge on any atom is -0.394 e. The highest BCUT2D eigenvalue weighted by Crippen LogP contribution is 2.18. The molecule has 0 aliphatic carbocycles. The average Bonchev–Trinajstić information content (AvgIpc) is 2.80. The van der Waals surface area contributed by atoms with E-state index in [1.54, 1.807) is 6.20 Å². The molecule has 3 rings (SSSR count). The molecule has 0 fully saturated rings. The van der Waals surface area contributed by atoms with Crippen LogP contribution in [0, 0.1) is 0 Å². The minimum absolute atomic E-state index is 0.0106. The van der Waals surface area contributed by atoms with Crippen molar-refractivity contribution < 1.29 is 0 Å². The molecule has 0 aliphatic rings. The zero-order valence-electron chi connectivity index (χ0n) is 9.80. The maximum absolute atomic E-state index is 11.4. The fraction of sp³-hybridized carbons (Fsp3) is 0.154. The normalized spacial score (nSPS) is 11.4. The molecule has 0 atom stereocenters. The van der Waals surface area contributed by atoms with E-state index in [9.17, 15) is 9.59 Å². The van der Waals surface area contributed by atoms with Crippen molar-refractivity contribution in [1.82, 2.24) is 9.78 Å². The summed E-state index contributed by atoms with van der Waals surface area (Å²) in [5, 5.41) is 5.20. The summed E-state index contributed by atoms with van der Waals surface area (Å²) in [6.45, 7) is 2.06. The summed E-state index contributed by atoms with van der Waals surface area (Å²) < 4.78 is 1.39. The molecule has 5 nitrogen and oxygen atoms in total. The summed E-state index contributed by atoms with van der Waals surface area (Å²) in [6, 6.07) is 5.92. The number of nitrogen functional groups attached to an aromatic ring is 1. The van der Waals surface area contributed by atoms with Crippen LogP contribution in [-0.4, -0.2) is 9.78 Å². The van der Waals surface area contributed by atoms with Gasteiger partial charge >= 0.3 is 0 Å². The van der Waals surface area contributed by atoms with E-state index in [0.717, 1.165) is 17.3 Å². The molecule has 0 aliphatic heterocycles. The second kappa shape index (κ2) is 3.53. The van der Waals surface area contributed by atoms with Crippen LogP contribution in [0.2, 0.25) is 0 Å². The fourth-order valence-corrected chi connectivity index (χ4v) is 2.02. The summed E-state index contributed by atoms with van der Waals surface area (Å²) in [7, 11) is 0. The van der Waals surface area contributed by atoms with E-state index < -0.39 is 10.9 Å². The molecule has 0 saturated carbocycles. The lowest BCUT2D eigenvalue weighted by atomic mass is 10.1. The third-order valence-corrected chi connectivity index (χ3v) is 3.13. The van der Waals surface area contributed by atoms with Crippen molar-refractivity contribution in [3.63, 3.8) is 0 Å². The van der Waals surface area contributed by atoms with Gasteiger partial charge in [0.1, 0.15) is 11.4 Å². The first-order valence-electron chi connectivity index (χ1n) is 5.69. The largest absolute Gasteiger partial charge is 0.394 e. The first-order valence-corrected chi connectivity index (χ1v) is 5.69. The second-order valence-electron chi connectivity index (χ2n) is 4.24. The predicted octanol–water partition coefficient (Wildman–Crippen LogP) is 0.766. The lowest BCUT2D eigenvalue weighted by molar-refractivity contribution is 0.879. The highest BCUT2D eigenvalue weighted by atomic mass is 16.2. The average molecular weight is 241 g/mol. The Kier molecular flexibility index (Phi) is 2.10. The van der Waals surface area contributed by atoms with Gasteiger partial charge in [-0.1, -0.05) is 19.1 Å². The number of rotatable bonds is 2. The number of aryl methyl sites for hydroxylation is 1. The smallest absolute Gasteiger partial charge is 0.255 e. The molecule has 90 valence electrons. The molecule has 0 radical (unpaired) electrons. The van der Waals surface area contributed by atoms with Crippen LogP contribution < -0.4 is 16.6 Å². The van der Waals surface area contributed by atoms with E-state index >= 15 is 0 Å². The molecule has 0 spiro atoms. The van der Waals surface area contributed by atoms with Gasteiger partial charge in [0.2, 0.25) is 0 Å². The number of aromatic nitrogens is 2. The minimum atomic E-state index is -0.626. The third kappa shape index (κ3) is 1.30. The number of nitrogens with two attached hydrogens (primary N) is 1. The van der Waals surface area contributed by atoms with Gasteiger partial charge in [-0.25, -0.2) is 4.68 Å². The molecule has 0 unspecified atom stereocenters. The molecular weight excluding hydrogens is 230 g/mol. The molecule has 2 N–H and O–H groups in total. The number of hydrogen-bond acceptors (Lipinski definition) is 4. The Balaban J connectivity index is 2.20. The van der Waals surface area contributed by atoms with Crippen LogP contribution in [-0.2, 0) is 6.42 Å². The van der Waals surface area contributed by atoms with Crippen molar-refractivity contribution in [3.8, 4) is 5.69 Å². The molecule has 0 bridgehead atoms. The molecule has 2 aromatic carbocycles. The topological polar surface area (TPSA) is 78.0 Å². The summed E-state index contributed by atoms with van der Waals surface area (Å²) in [5.41, 5.74) is 6.45. The van der Waals surface area contributed by atoms with Crippen molar-refractivity contribution in [3.05, 3.63) is 50.4 Å². The Morgan fingerprint density at radius 2 is 2.06 bits per heavy atom. The first-order chi connectivity index (χ1) is 8.61. The molecule has 0 amide bonds. The SMILES string of the molecule is CCc1ccc2cn(-c3c(N)c(=O)c3=O)nc2c1. The Bertz CT molecular complexity index is 823. The number of anilines is 1. The highest BCUT2D eigenvalue weighted by Gasteiger charge is 2.20. The summed E-state index contributed by atoms with van der Waals surface area (Å²) in [6.07, 6.45) is 2.63. The van der Waals surface area contributed by atoms with Gasteiger partial charge in [-0.05, 0) is 18.1 Å². The molecule has 0 saturated heterocycles. The molecule has 1 aromatic heterocycles. The van der Waals surface area contributed by atoms with Crippen molar-refractivity contribution in [2.24, 2.45) is 0 Å². The predicted molar refractivity (Wildman–Crippen MR) is 69.8 cm³/mol. The van der Waals surface area contributed by atoms with Crippen molar-refractivity contribution in [2.45, 2.75) is 13.3 Å². The molecule has 5 heteroatoms. The Morgan fingerprint density at radius 3 is 2.72 bits per heavy atom. The van der Waals surface area contributed by atoms with Gasteiger partial charge in [0.15, 0.2) is 0 Å². The zero-order chi connectivity index (χ0) is 12.9. The van der Waals surface area contributed by atoms with Crippen molar-refractivity contribution in [2.75, 3.05) is 5.73 Å².